The Morgan fingerprint density at radius 2 is 1.79 bits per heavy atom. The van der Waals surface area contributed by atoms with Crippen LogP contribution >= 0.6 is 0 Å². The third-order valence-electron chi connectivity index (χ3n) is 7.34. The van der Waals surface area contributed by atoms with Crippen LogP contribution in [0.3, 0.4) is 0 Å². The normalized spacial score (nSPS) is 13.0. The second-order valence-corrected chi connectivity index (χ2v) is 14.1. The lowest BCUT2D eigenvalue weighted by Crippen LogP contribution is -2.45. The Balaban J connectivity index is 1.77. The van der Waals surface area contributed by atoms with Crippen molar-refractivity contribution in [3.63, 3.8) is 0 Å². The molecule has 254 valence electrons. The molecule has 0 radical (unpaired) electrons. The first-order valence-corrected chi connectivity index (χ1v) is 16.2. The number of amides is 1. The number of imidazole rings is 1. The molecule has 0 aliphatic carbocycles. The van der Waals surface area contributed by atoms with E-state index in [-0.39, 0.29) is 29.0 Å². The van der Waals surface area contributed by atoms with Gasteiger partial charge in [0, 0.05) is 36.1 Å². The van der Waals surface area contributed by atoms with Crippen LogP contribution in [-0.4, -0.2) is 77.0 Å². The minimum absolute atomic E-state index is 0.0137. The molecule has 0 spiro atoms. The number of methoxy groups -OCH3 is 2. The number of benzene rings is 2. The Labute approximate surface area is 273 Å². The van der Waals surface area contributed by atoms with Crippen molar-refractivity contribution in [2.24, 2.45) is 0 Å². The molecule has 0 saturated carbocycles. The highest BCUT2D eigenvalue weighted by Crippen LogP contribution is 2.39. The lowest BCUT2D eigenvalue weighted by molar-refractivity contribution is -0.148. The molecule has 1 aliphatic heterocycles. The number of aromatic nitrogens is 2. The Kier molecular flexibility index (Phi) is 10.7. The van der Waals surface area contributed by atoms with E-state index in [9.17, 15) is 28.3 Å². The second kappa shape index (κ2) is 14.3. The van der Waals surface area contributed by atoms with Gasteiger partial charge in [-0.05, 0) is 51.5 Å². The summed E-state index contributed by atoms with van der Waals surface area (Å²) in [5.41, 5.74) is 1.35. The zero-order chi connectivity index (χ0) is 34.5. The molecule has 1 aromatic heterocycles. The van der Waals surface area contributed by atoms with E-state index in [0.717, 1.165) is 12.8 Å². The van der Waals surface area contributed by atoms with Crippen LogP contribution in [0.25, 0.3) is 11.8 Å². The van der Waals surface area contributed by atoms with Crippen molar-refractivity contribution in [1.29, 1.82) is 0 Å². The summed E-state index contributed by atoms with van der Waals surface area (Å²) < 4.78 is 52.8. The lowest BCUT2D eigenvalue weighted by Gasteiger charge is -2.25. The summed E-state index contributed by atoms with van der Waals surface area (Å²) in [5.74, 6) is 0.0693. The molecule has 2 N–H and O–H groups in total. The molecule has 14 nitrogen and oxygen atoms in total. The summed E-state index contributed by atoms with van der Waals surface area (Å²) in [6, 6.07) is 8.12. The number of rotatable bonds is 14. The van der Waals surface area contributed by atoms with E-state index >= 15 is 0 Å². The standard InChI is InChI=1S/C32H39N3O11S/c1-7-8-9-29-33-17-22(13-21(31(37)38)12-20-14-27-28(46-19-45-27)16-25(20)43-6)34(29)24-11-10-23(42-5)15-26(24)44-18-30(36)35(39)47(40,41)32(2,3)4/h10-11,13-17,39H,7-9,12,18-19H2,1-6H3,(H,37,38)/b21-13+. The largest absolute Gasteiger partial charge is 0.497 e. The number of ether oxygens (including phenoxy) is 5. The fourth-order valence-electron chi connectivity index (χ4n) is 4.67. The molecule has 4 rings (SSSR count). The predicted molar refractivity (Wildman–Crippen MR) is 170 cm³/mol. The van der Waals surface area contributed by atoms with Crippen molar-refractivity contribution >= 4 is 28.0 Å². The molecule has 47 heavy (non-hydrogen) atoms. The summed E-state index contributed by atoms with van der Waals surface area (Å²) in [7, 11) is -1.48. The number of unbranched alkanes of at least 4 members (excludes halogenated alkanes) is 1. The van der Waals surface area contributed by atoms with Gasteiger partial charge in [0.05, 0.1) is 36.5 Å². The van der Waals surface area contributed by atoms with Crippen molar-refractivity contribution in [3.8, 4) is 34.4 Å². The first-order valence-electron chi connectivity index (χ1n) is 14.8. The number of nitrogens with zero attached hydrogens (tertiary/aromatic N) is 3. The van der Waals surface area contributed by atoms with E-state index in [1.165, 1.54) is 53.3 Å². The summed E-state index contributed by atoms with van der Waals surface area (Å²) in [6.45, 7) is 5.28. The molecule has 1 amide bonds. The summed E-state index contributed by atoms with van der Waals surface area (Å²) in [6.07, 6.45) is 5.16. The third kappa shape index (κ3) is 7.63. The molecule has 0 atom stereocenters. The van der Waals surface area contributed by atoms with Crippen molar-refractivity contribution in [2.45, 2.75) is 58.1 Å². The number of aryl methyl sites for hydroxylation is 1. The first-order chi connectivity index (χ1) is 22.2. The zero-order valence-corrected chi connectivity index (χ0v) is 27.9. The van der Waals surface area contributed by atoms with Gasteiger partial charge in [-0.25, -0.2) is 18.2 Å². The van der Waals surface area contributed by atoms with Crippen molar-refractivity contribution in [2.75, 3.05) is 27.6 Å². The smallest absolute Gasteiger partial charge is 0.331 e. The van der Waals surface area contributed by atoms with Crippen LogP contribution in [0, 0.1) is 0 Å². The Bertz CT molecular complexity index is 1770. The number of fused-ring (bicyclic) bond motifs is 1. The SMILES string of the molecule is CCCCc1ncc(/C=C(\Cc2cc3c(cc2OC)OCO3)C(=O)O)n1-c1ccc(OC)cc1OCC(=O)N(O)S(=O)(=O)C(C)(C)C. The highest BCUT2D eigenvalue weighted by atomic mass is 32.2. The number of sulfonamides is 1. The number of hydroxylamine groups is 1. The average Bonchev–Trinajstić information content (AvgIpc) is 3.66. The Morgan fingerprint density at radius 1 is 1.09 bits per heavy atom. The van der Waals surface area contributed by atoms with Gasteiger partial charge in [-0.2, -0.15) is 0 Å². The quantitative estimate of drug-likeness (QED) is 0.140. The van der Waals surface area contributed by atoms with E-state index in [1.807, 2.05) is 6.92 Å². The van der Waals surface area contributed by atoms with E-state index in [4.69, 9.17) is 23.7 Å². The molecule has 15 heteroatoms. The van der Waals surface area contributed by atoms with Gasteiger partial charge in [0.15, 0.2) is 18.1 Å². The summed E-state index contributed by atoms with van der Waals surface area (Å²) in [5, 5.41) is 20.5. The minimum Gasteiger partial charge on any atom is -0.497 e. The van der Waals surface area contributed by atoms with Crippen LogP contribution in [0.2, 0.25) is 0 Å². The van der Waals surface area contributed by atoms with Gasteiger partial charge >= 0.3 is 5.97 Å². The molecule has 0 bridgehead atoms. The Morgan fingerprint density at radius 3 is 2.40 bits per heavy atom. The molecule has 2 aromatic carbocycles. The maximum atomic E-state index is 12.8. The fourth-order valence-corrected chi connectivity index (χ4v) is 5.51. The average molecular weight is 674 g/mol. The van der Waals surface area contributed by atoms with Crippen LogP contribution in [0.5, 0.6) is 28.7 Å². The van der Waals surface area contributed by atoms with Crippen LogP contribution in [-0.2, 0) is 32.5 Å². The monoisotopic (exact) mass is 673 g/mol. The van der Waals surface area contributed by atoms with Crippen LogP contribution < -0.4 is 23.7 Å². The molecule has 1 aliphatic rings. The molecule has 0 unspecified atom stereocenters. The van der Waals surface area contributed by atoms with E-state index in [1.54, 1.807) is 28.8 Å². The highest BCUT2D eigenvalue weighted by molar-refractivity contribution is 7.90. The lowest BCUT2D eigenvalue weighted by atomic mass is 10.0. The van der Waals surface area contributed by atoms with E-state index in [2.05, 4.69) is 4.98 Å². The number of aliphatic carboxylic acids is 1. The van der Waals surface area contributed by atoms with Gasteiger partial charge < -0.3 is 28.8 Å². The van der Waals surface area contributed by atoms with Crippen molar-refractivity contribution in [1.82, 2.24) is 14.0 Å². The maximum absolute atomic E-state index is 12.8. The molecule has 0 saturated heterocycles. The summed E-state index contributed by atoms with van der Waals surface area (Å²) in [4.78, 5) is 29.9. The molecule has 3 aromatic rings. The van der Waals surface area contributed by atoms with Crippen LogP contribution in [0.15, 0.2) is 42.1 Å². The second-order valence-electron chi connectivity index (χ2n) is 11.6. The van der Waals surface area contributed by atoms with Crippen LogP contribution in [0.1, 0.15) is 57.6 Å². The summed E-state index contributed by atoms with van der Waals surface area (Å²) >= 11 is 0. The van der Waals surface area contributed by atoms with Crippen LogP contribution in [0.4, 0.5) is 0 Å². The zero-order valence-electron chi connectivity index (χ0n) is 27.1. The van der Waals surface area contributed by atoms with E-state index < -0.39 is 33.3 Å². The van der Waals surface area contributed by atoms with Crippen molar-refractivity contribution < 1.29 is 52.0 Å². The number of hydrogen-bond acceptors (Lipinski definition) is 11. The van der Waals surface area contributed by atoms with Gasteiger partial charge in [-0.3, -0.25) is 14.6 Å². The molecular weight excluding hydrogens is 634 g/mol. The topological polar surface area (TPSA) is 176 Å². The van der Waals surface area contributed by atoms with Gasteiger partial charge in [0.1, 0.15) is 23.1 Å². The highest BCUT2D eigenvalue weighted by Gasteiger charge is 2.38. The van der Waals surface area contributed by atoms with Crippen molar-refractivity contribution in [3.05, 3.63) is 59.2 Å². The molecule has 2 heterocycles. The predicted octanol–water partition coefficient (Wildman–Crippen LogP) is 4.40. The van der Waals surface area contributed by atoms with Gasteiger partial charge in [-0.15, -0.1) is 4.47 Å². The number of carboxylic acid groups (broad SMARTS) is 1. The van der Waals surface area contributed by atoms with E-state index in [0.29, 0.717) is 52.2 Å². The fraction of sp³-hybridized carbons (Fsp3) is 0.406. The number of carboxylic acids is 1. The van der Waals surface area contributed by atoms with Gasteiger partial charge in [0.25, 0.3) is 15.9 Å². The van der Waals surface area contributed by atoms with Gasteiger partial charge in [-0.1, -0.05) is 13.3 Å². The number of hydrogen-bond donors (Lipinski definition) is 2. The van der Waals surface area contributed by atoms with Gasteiger partial charge in [0.2, 0.25) is 6.79 Å². The molecule has 0 fully saturated rings. The molecular formula is C32H39N3O11S. The third-order valence-corrected chi connectivity index (χ3v) is 9.55. The Hall–Kier alpha value is -4.76. The maximum Gasteiger partial charge on any atom is 0.331 e. The first kappa shape index (κ1) is 35.1. The number of carbonyl (C=O) groups excluding carboxylic acids is 1. The minimum atomic E-state index is -4.39. The number of carbonyl (C=O) groups is 2.